The fourth-order valence-electron chi connectivity index (χ4n) is 1.60. The summed E-state index contributed by atoms with van der Waals surface area (Å²) in [6.07, 6.45) is 0.0497. The molecule has 3 heteroatoms. The Morgan fingerprint density at radius 3 is 2.62 bits per heavy atom. The number of benzene rings is 1. The number of hydrogen-bond donors (Lipinski definition) is 1. The molecule has 1 heterocycles. The summed E-state index contributed by atoms with van der Waals surface area (Å²) < 4.78 is 0. The van der Waals surface area contributed by atoms with Crippen molar-refractivity contribution in [3.63, 3.8) is 0 Å². The highest BCUT2D eigenvalue weighted by atomic mass is 16.2. The van der Waals surface area contributed by atoms with E-state index in [1.54, 1.807) is 0 Å². The number of nitrogens with zero attached hydrogens (tertiary/aromatic N) is 1. The van der Waals surface area contributed by atoms with Crippen molar-refractivity contribution in [2.45, 2.75) is 6.17 Å². The van der Waals surface area contributed by atoms with E-state index >= 15 is 0 Å². The molecule has 1 N–H and O–H groups in total. The van der Waals surface area contributed by atoms with E-state index in [0.29, 0.717) is 6.54 Å². The third-order valence-electron chi connectivity index (χ3n) is 2.25. The maximum atomic E-state index is 11.1. The first-order valence-corrected chi connectivity index (χ1v) is 4.32. The van der Waals surface area contributed by atoms with Crippen molar-refractivity contribution in [1.82, 2.24) is 10.2 Å². The van der Waals surface area contributed by atoms with Crippen LogP contribution in [0.5, 0.6) is 0 Å². The minimum Gasteiger partial charge on any atom is -0.335 e. The summed E-state index contributed by atoms with van der Waals surface area (Å²) in [5, 5.41) is 2.91. The molecule has 1 saturated heterocycles. The van der Waals surface area contributed by atoms with E-state index in [1.165, 1.54) is 0 Å². The van der Waals surface area contributed by atoms with Crippen LogP contribution in [-0.4, -0.2) is 24.4 Å². The molecule has 13 heavy (non-hydrogen) atoms. The fraction of sp³-hybridized carbons (Fsp3) is 0.300. The third kappa shape index (κ3) is 1.55. The Morgan fingerprint density at radius 2 is 2.08 bits per heavy atom. The van der Waals surface area contributed by atoms with E-state index in [-0.39, 0.29) is 12.1 Å². The van der Waals surface area contributed by atoms with E-state index in [2.05, 4.69) is 5.32 Å². The average molecular weight is 176 g/mol. The highest BCUT2D eigenvalue weighted by Gasteiger charge is 2.26. The molecule has 0 aromatic heterocycles. The maximum Gasteiger partial charge on any atom is 0.235 e. The quantitative estimate of drug-likeness (QED) is 0.684. The number of likely N-dealkylation sites (N-methyl/N-ethyl adjacent to an activating group) is 1. The predicted octanol–water partition coefficient (Wildman–Crippen LogP) is 0.747. The fourth-order valence-corrected chi connectivity index (χ4v) is 1.60. The predicted molar refractivity (Wildman–Crippen MR) is 50.0 cm³/mol. The van der Waals surface area contributed by atoms with Gasteiger partial charge in [-0.1, -0.05) is 30.3 Å². The largest absolute Gasteiger partial charge is 0.335 e. The number of carbonyl (C=O) groups excluding carboxylic acids is 1. The molecular weight excluding hydrogens is 164 g/mol. The zero-order valence-electron chi connectivity index (χ0n) is 7.53. The van der Waals surface area contributed by atoms with Gasteiger partial charge in [0.2, 0.25) is 5.91 Å². The molecule has 1 aromatic rings. The van der Waals surface area contributed by atoms with E-state index in [4.69, 9.17) is 0 Å². The second-order valence-corrected chi connectivity index (χ2v) is 3.30. The van der Waals surface area contributed by atoms with Crippen molar-refractivity contribution in [2.24, 2.45) is 0 Å². The average Bonchev–Trinajstić information content (AvgIpc) is 2.47. The van der Waals surface area contributed by atoms with Gasteiger partial charge in [-0.2, -0.15) is 0 Å². The van der Waals surface area contributed by atoms with Crippen LogP contribution in [-0.2, 0) is 4.79 Å². The first-order valence-electron chi connectivity index (χ1n) is 4.32. The van der Waals surface area contributed by atoms with Crippen LogP contribution < -0.4 is 5.32 Å². The second kappa shape index (κ2) is 3.18. The zero-order valence-corrected chi connectivity index (χ0v) is 7.53. The number of amides is 1. The molecule has 0 saturated carbocycles. The van der Waals surface area contributed by atoms with Gasteiger partial charge in [-0.25, -0.2) is 0 Å². The maximum absolute atomic E-state index is 11.1. The monoisotopic (exact) mass is 176 g/mol. The summed E-state index contributed by atoms with van der Waals surface area (Å²) in [5.74, 6) is 0.0938. The van der Waals surface area contributed by atoms with Gasteiger partial charge in [0.15, 0.2) is 0 Å². The van der Waals surface area contributed by atoms with Crippen molar-refractivity contribution >= 4 is 5.91 Å². The normalized spacial score (nSPS) is 23.2. The molecule has 0 radical (unpaired) electrons. The molecule has 68 valence electrons. The van der Waals surface area contributed by atoms with Crippen LogP contribution in [0.25, 0.3) is 0 Å². The molecule has 1 fully saturated rings. The van der Waals surface area contributed by atoms with Crippen LogP contribution in [0, 0.1) is 0 Å². The number of rotatable bonds is 1. The summed E-state index contributed by atoms with van der Waals surface area (Å²) in [6.45, 7) is 0.486. The molecular formula is C10H12N2O. The summed E-state index contributed by atoms with van der Waals surface area (Å²) in [6, 6.07) is 9.97. The minimum absolute atomic E-state index is 0.0497. The Bertz CT molecular complexity index is 310. The Morgan fingerprint density at radius 1 is 1.38 bits per heavy atom. The van der Waals surface area contributed by atoms with Gasteiger partial charge in [0.25, 0.3) is 0 Å². The second-order valence-electron chi connectivity index (χ2n) is 3.30. The Balaban J connectivity index is 2.23. The Hall–Kier alpha value is -1.35. The first-order chi connectivity index (χ1) is 6.27. The van der Waals surface area contributed by atoms with Crippen LogP contribution in [0.2, 0.25) is 0 Å². The van der Waals surface area contributed by atoms with Gasteiger partial charge in [0.1, 0.15) is 6.17 Å². The molecule has 1 atom stereocenters. The summed E-state index contributed by atoms with van der Waals surface area (Å²) >= 11 is 0. The van der Waals surface area contributed by atoms with Crippen LogP contribution in [0.3, 0.4) is 0 Å². The summed E-state index contributed by atoms with van der Waals surface area (Å²) in [7, 11) is 1.94. The number of carbonyl (C=O) groups is 1. The minimum atomic E-state index is 0.0497. The molecule has 3 nitrogen and oxygen atoms in total. The van der Waals surface area contributed by atoms with Gasteiger partial charge in [0, 0.05) is 0 Å². The van der Waals surface area contributed by atoms with Crippen molar-refractivity contribution < 1.29 is 4.79 Å². The van der Waals surface area contributed by atoms with E-state index < -0.39 is 0 Å². The van der Waals surface area contributed by atoms with Gasteiger partial charge >= 0.3 is 0 Å². The van der Waals surface area contributed by atoms with Gasteiger partial charge in [-0.3, -0.25) is 9.69 Å². The number of hydrogen-bond acceptors (Lipinski definition) is 2. The lowest BCUT2D eigenvalue weighted by atomic mass is 10.2. The molecule has 1 unspecified atom stereocenters. The van der Waals surface area contributed by atoms with Crippen molar-refractivity contribution in [3.8, 4) is 0 Å². The van der Waals surface area contributed by atoms with Gasteiger partial charge in [-0.05, 0) is 12.6 Å². The molecule has 2 rings (SSSR count). The molecule has 1 amide bonds. The van der Waals surface area contributed by atoms with Gasteiger partial charge in [-0.15, -0.1) is 0 Å². The molecule has 0 aliphatic carbocycles. The summed E-state index contributed by atoms with van der Waals surface area (Å²) in [4.78, 5) is 13.1. The van der Waals surface area contributed by atoms with Crippen molar-refractivity contribution in [1.29, 1.82) is 0 Å². The smallest absolute Gasteiger partial charge is 0.235 e. The molecule has 1 aliphatic heterocycles. The topological polar surface area (TPSA) is 32.3 Å². The van der Waals surface area contributed by atoms with Gasteiger partial charge < -0.3 is 5.32 Å². The van der Waals surface area contributed by atoms with E-state index in [1.807, 2.05) is 42.3 Å². The van der Waals surface area contributed by atoms with Crippen molar-refractivity contribution in [3.05, 3.63) is 35.9 Å². The van der Waals surface area contributed by atoms with E-state index in [9.17, 15) is 4.79 Å². The lowest BCUT2D eigenvalue weighted by Gasteiger charge is -2.18. The van der Waals surface area contributed by atoms with E-state index in [0.717, 1.165) is 5.56 Å². The summed E-state index contributed by atoms with van der Waals surface area (Å²) in [5.41, 5.74) is 1.14. The molecule has 1 aliphatic rings. The molecule has 1 aromatic carbocycles. The Kier molecular flexibility index (Phi) is 2.02. The van der Waals surface area contributed by atoms with Crippen molar-refractivity contribution in [2.75, 3.05) is 13.6 Å². The Labute approximate surface area is 77.4 Å². The van der Waals surface area contributed by atoms with Crippen LogP contribution >= 0.6 is 0 Å². The van der Waals surface area contributed by atoms with Gasteiger partial charge in [0.05, 0.1) is 6.54 Å². The number of nitrogens with one attached hydrogen (secondary N) is 1. The lowest BCUT2D eigenvalue weighted by molar-refractivity contribution is -0.118. The highest BCUT2D eigenvalue weighted by Crippen LogP contribution is 2.19. The first kappa shape index (κ1) is 8.26. The standard InChI is InChI=1S/C10H12N2O/c1-12-7-9(13)11-10(12)8-5-3-2-4-6-8/h2-6,10H,7H2,1H3,(H,11,13). The highest BCUT2D eigenvalue weighted by molar-refractivity contribution is 5.80. The molecule has 0 spiro atoms. The SMILES string of the molecule is CN1CC(=O)NC1c1ccccc1. The van der Waals surface area contributed by atoms with Crippen LogP contribution in [0.4, 0.5) is 0 Å². The van der Waals surface area contributed by atoms with Crippen LogP contribution in [0.1, 0.15) is 11.7 Å². The zero-order chi connectivity index (χ0) is 9.26. The third-order valence-corrected chi connectivity index (χ3v) is 2.25. The van der Waals surface area contributed by atoms with Crippen LogP contribution in [0.15, 0.2) is 30.3 Å². The lowest BCUT2D eigenvalue weighted by Crippen LogP contribution is -2.24. The molecule has 0 bridgehead atoms.